The molecule has 0 fully saturated rings. The second-order valence-corrected chi connectivity index (χ2v) is 5.53. The van der Waals surface area contributed by atoms with Gasteiger partial charge in [0.1, 0.15) is 4.60 Å². The molecule has 0 saturated carbocycles. The van der Waals surface area contributed by atoms with Gasteiger partial charge in [-0.25, -0.2) is 4.98 Å². The van der Waals surface area contributed by atoms with E-state index in [2.05, 4.69) is 25.9 Å². The van der Waals surface area contributed by atoms with Gasteiger partial charge in [-0.05, 0) is 54.0 Å². The number of carbonyl (C=O) groups is 1. The van der Waals surface area contributed by atoms with Crippen molar-refractivity contribution < 1.29 is 4.79 Å². The van der Waals surface area contributed by atoms with Gasteiger partial charge in [0, 0.05) is 18.4 Å². The van der Waals surface area contributed by atoms with Crippen molar-refractivity contribution in [2.24, 2.45) is 0 Å². The quantitative estimate of drug-likeness (QED) is 0.806. The highest BCUT2D eigenvalue weighted by molar-refractivity contribution is 9.10. The molecule has 0 aliphatic carbocycles. The van der Waals surface area contributed by atoms with E-state index < -0.39 is 0 Å². The number of hydrogen-bond acceptors (Lipinski definition) is 3. The predicted octanol–water partition coefficient (Wildman–Crippen LogP) is 3.29. The third-order valence-corrected chi connectivity index (χ3v) is 3.39. The van der Waals surface area contributed by atoms with Crippen LogP contribution in [0.4, 0.5) is 0 Å². The van der Waals surface area contributed by atoms with Crippen molar-refractivity contribution in [3.8, 4) is 0 Å². The Kier molecular flexibility index (Phi) is 4.84. The van der Waals surface area contributed by atoms with Crippen LogP contribution in [0, 0.1) is 0 Å². The number of amides is 1. The summed E-state index contributed by atoms with van der Waals surface area (Å²) < 4.78 is 0.717. The average Bonchev–Trinajstić information content (AvgIpc) is 2.45. The van der Waals surface area contributed by atoms with E-state index in [0.717, 1.165) is 10.3 Å². The van der Waals surface area contributed by atoms with E-state index in [1.807, 2.05) is 32.0 Å². The number of rotatable bonds is 4. The molecule has 2 heterocycles. The normalized spacial score (nSPS) is 10.6. The van der Waals surface area contributed by atoms with Crippen LogP contribution in [0.3, 0.4) is 0 Å². The summed E-state index contributed by atoms with van der Waals surface area (Å²) in [6, 6.07) is 9.34. The Bertz CT molecular complexity index is 569. The Morgan fingerprint density at radius 1 is 1.25 bits per heavy atom. The lowest BCUT2D eigenvalue weighted by Gasteiger charge is -2.26. The van der Waals surface area contributed by atoms with Crippen LogP contribution in [0.2, 0.25) is 0 Å². The van der Waals surface area contributed by atoms with Crippen LogP contribution in [0.25, 0.3) is 0 Å². The van der Waals surface area contributed by atoms with Crippen LogP contribution in [0.5, 0.6) is 0 Å². The lowest BCUT2D eigenvalue weighted by atomic mass is 10.2. The van der Waals surface area contributed by atoms with Gasteiger partial charge in [0.2, 0.25) is 0 Å². The SMILES string of the molecule is CC(C)N(Cc1ccccn1)C(=O)c1ccc(Br)nc1. The van der Waals surface area contributed by atoms with E-state index >= 15 is 0 Å². The minimum atomic E-state index is -0.0364. The largest absolute Gasteiger partial charge is 0.330 e. The van der Waals surface area contributed by atoms with Gasteiger partial charge in [-0.3, -0.25) is 9.78 Å². The smallest absolute Gasteiger partial charge is 0.256 e. The monoisotopic (exact) mass is 333 g/mol. The fourth-order valence-electron chi connectivity index (χ4n) is 1.82. The lowest BCUT2D eigenvalue weighted by molar-refractivity contribution is 0.0687. The van der Waals surface area contributed by atoms with Crippen LogP contribution in [-0.4, -0.2) is 26.8 Å². The third-order valence-electron chi connectivity index (χ3n) is 2.92. The first kappa shape index (κ1) is 14.7. The maximum absolute atomic E-state index is 12.5. The first-order valence-corrected chi connectivity index (χ1v) is 7.19. The minimum Gasteiger partial charge on any atom is -0.330 e. The van der Waals surface area contributed by atoms with Gasteiger partial charge in [0.25, 0.3) is 5.91 Å². The number of carbonyl (C=O) groups excluding carboxylic acids is 1. The van der Waals surface area contributed by atoms with Gasteiger partial charge in [-0.15, -0.1) is 0 Å². The van der Waals surface area contributed by atoms with E-state index in [9.17, 15) is 4.79 Å². The van der Waals surface area contributed by atoms with E-state index in [0.29, 0.717) is 12.1 Å². The van der Waals surface area contributed by atoms with E-state index in [1.54, 1.807) is 29.4 Å². The van der Waals surface area contributed by atoms with Gasteiger partial charge >= 0.3 is 0 Å². The number of aromatic nitrogens is 2. The summed E-state index contributed by atoms with van der Waals surface area (Å²) in [5, 5.41) is 0. The highest BCUT2D eigenvalue weighted by Gasteiger charge is 2.19. The van der Waals surface area contributed by atoms with Gasteiger partial charge < -0.3 is 4.90 Å². The Labute approximate surface area is 127 Å². The predicted molar refractivity (Wildman–Crippen MR) is 81.2 cm³/mol. The van der Waals surface area contributed by atoms with Crippen molar-refractivity contribution in [1.29, 1.82) is 0 Å². The zero-order chi connectivity index (χ0) is 14.5. The second-order valence-electron chi connectivity index (χ2n) is 4.72. The number of halogens is 1. The standard InChI is InChI=1S/C15H16BrN3O/c1-11(2)19(10-13-5-3-4-8-17-13)15(20)12-6-7-14(16)18-9-12/h3-9,11H,10H2,1-2H3. The second kappa shape index (κ2) is 6.61. The zero-order valence-electron chi connectivity index (χ0n) is 11.5. The molecule has 4 nitrogen and oxygen atoms in total. The molecule has 0 atom stereocenters. The summed E-state index contributed by atoms with van der Waals surface area (Å²) in [6.45, 7) is 4.48. The fourth-order valence-corrected chi connectivity index (χ4v) is 2.06. The Morgan fingerprint density at radius 3 is 2.60 bits per heavy atom. The molecular weight excluding hydrogens is 318 g/mol. The van der Waals surface area contributed by atoms with Crippen LogP contribution >= 0.6 is 15.9 Å². The van der Waals surface area contributed by atoms with Crippen LogP contribution < -0.4 is 0 Å². The molecule has 2 aromatic rings. The highest BCUT2D eigenvalue weighted by Crippen LogP contribution is 2.13. The van der Waals surface area contributed by atoms with Crippen LogP contribution in [0.15, 0.2) is 47.3 Å². The fraction of sp³-hybridized carbons (Fsp3) is 0.267. The number of pyridine rings is 2. The molecule has 0 saturated heterocycles. The lowest BCUT2D eigenvalue weighted by Crippen LogP contribution is -2.36. The third kappa shape index (κ3) is 3.63. The summed E-state index contributed by atoms with van der Waals surface area (Å²) in [7, 11) is 0. The van der Waals surface area contributed by atoms with Crippen molar-refractivity contribution in [3.05, 3.63) is 58.6 Å². The Morgan fingerprint density at radius 2 is 2.05 bits per heavy atom. The molecular formula is C15H16BrN3O. The molecule has 0 spiro atoms. The first-order valence-electron chi connectivity index (χ1n) is 6.40. The van der Waals surface area contributed by atoms with E-state index in [4.69, 9.17) is 0 Å². The molecule has 2 rings (SSSR count). The summed E-state index contributed by atoms with van der Waals surface area (Å²) in [6.07, 6.45) is 3.32. The molecule has 0 N–H and O–H groups in total. The Hall–Kier alpha value is -1.75. The maximum atomic E-state index is 12.5. The highest BCUT2D eigenvalue weighted by atomic mass is 79.9. The zero-order valence-corrected chi connectivity index (χ0v) is 13.0. The topological polar surface area (TPSA) is 46.1 Å². The van der Waals surface area contributed by atoms with E-state index in [-0.39, 0.29) is 11.9 Å². The van der Waals surface area contributed by atoms with Crippen LogP contribution in [-0.2, 0) is 6.54 Å². The van der Waals surface area contributed by atoms with Crippen molar-refractivity contribution in [2.45, 2.75) is 26.4 Å². The number of hydrogen-bond donors (Lipinski definition) is 0. The summed E-state index contributed by atoms with van der Waals surface area (Å²) in [4.78, 5) is 22.7. The van der Waals surface area contributed by atoms with Crippen LogP contribution in [0.1, 0.15) is 29.9 Å². The Balaban J connectivity index is 2.20. The summed E-state index contributed by atoms with van der Waals surface area (Å²) in [5.41, 5.74) is 1.46. The molecule has 20 heavy (non-hydrogen) atoms. The van der Waals surface area contributed by atoms with Gasteiger partial charge in [0.05, 0.1) is 17.8 Å². The molecule has 0 aromatic carbocycles. The molecule has 0 radical (unpaired) electrons. The molecule has 1 amide bonds. The summed E-state index contributed by atoms with van der Waals surface area (Å²) in [5.74, 6) is -0.0364. The molecule has 5 heteroatoms. The molecule has 0 aliphatic rings. The molecule has 2 aromatic heterocycles. The number of nitrogens with zero attached hydrogens (tertiary/aromatic N) is 3. The molecule has 0 unspecified atom stereocenters. The molecule has 0 bridgehead atoms. The first-order chi connectivity index (χ1) is 9.58. The molecule has 0 aliphatic heterocycles. The average molecular weight is 334 g/mol. The summed E-state index contributed by atoms with van der Waals surface area (Å²) >= 11 is 3.27. The van der Waals surface area contributed by atoms with E-state index in [1.165, 1.54) is 0 Å². The maximum Gasteiger partial charge on any atom is 0.256 e. The van der Waals surface area contributed by atoms with Crippen molar-refractivity contribution in [2.75, 3.05) is 0 Å². The van der Waals surface area contributed by atoms with Crippen molar-refractivity contribution >= 4 is 21.8 Å². The van der Waals surface area contributed by atoms with Gasteiger partial charge in [-0.1, -0.05) is 6.07 Å². The van der Waals surface area contributed by atoms with Crippen molar-refractivity contribution in [1.82, 2.24) is 14.9 Å². The van der Waals surface area contributed by atoms with Crippen molar-refractivity contribution in [3.63, 3.8) is 0 Å². The van der Waals surface area contributed by atoms with Gasteiger partial charge in [0.15, 0.2) is 0 Å². The molecule has 104 valence electrons. The minimum absolute atomic E-state index is 0.0364. The van der Waals surface area contributed by atoms with Gasteiger partial charge in [-0.2, -0.15) is 0 Å².